The molecule has 2 aromatic heterocycles. The fourth-order valence-electron chi connectivity index (χ4n) is 1.28. The molecule has 2 rings (SSSR count). The smallest absolute Gasteiger partial charge is 0.262 e. The third kappa shape index (κ3) is 2.46. The van der Waals surface area contributed by atoms with Gasteiger partial charge in [-0.1, -0.05) is 6.92 Å². The maximum atomic E-state index is 13.9. The third-order valence-electron chi connectivity index (χ3n) is 2.36. The number of aromatic nitrogens is 3. The van der Waals surface area contributed by atoms with Crippen LogP contribution in [0.15, 0.2) is 21.0 Å². The molecule has 0 fully saturated rings. The summed E-state index contributed by atoms with van der Waals surface area (Å²) >= 11 is 1.07. The summed E-state index contributed by atoms with van der Waals surface area (Å²) in [5, 5.41) is 0.651. The number of hydrogen-bond donors (Lipinski definition) is 0. The summed E-state index contributed by atoms with van der Waals surface area (Å²) in [5.41, 5.74) is 1.21. The summed E-state index contributed by atoms with van der Waals surface area (Å²) in [6.07, 6.45) is 1.89. The van der Waals surface area contributed by atoms with Gasteiger partial charge in [0.05, 0.1) is 11.4 Å². The molecule has 0 saturated heterocycles. The number of aryl methyl sites for hydroxylation is 3. The number of oxazole rings is 1. The highest BCUT2D eigenvalue weighted by Gasteiger charge is 2.14. The van der Waals surface area contributed by atoms with E-state index in [9.17, 15) is 4.39 Å². The predicted octanol–water partition coefficient (Wildman–Crippen LogP) is 2.93. The molecule has 0 saturated carbocycles. The van der Waals surface area contributed by atoms with E-state index in [1.165, 1.54) is 6.33 Å². The van der Waals surface area contributed by atoms with Gasteiger partial charge in [-0.15, -0.1) is 0 Å². The molecule has 0 aliphatic rings. The molecule has 0 N–H and O–H groups in total. The van der Waals surface area contributed by atoms with Crippen molar-refractivity contribution in [2.24, 2.45) is 0 Å². The minimum Gasteiger partial charge on any atom is -0.436 e. The molecule has 0 radical (unpaired) electrons. The second kappa shape index (κ2) is 4.83. The molecule has 2 heterocycles. The Morgan fingerprint density at radius 1 is 1.35 bits per heavy atom. The monoisotopic (exact) mass is 253 g/mol. The summed E-state index contributed by atoms with van der Waals surface area (Å²) in [4.78, 5) is 11.9. The second-order valence-electron chi connectivity index (χ2n) is 3.52. The summed E-state index contributed by atoms with van der Waals surface area (Å²) < 4.78 is 19.2. The number of nitrogens with zero attached hydrogens (tertiary/aromatic N) is 3. The van der Waals surface area contributed by atoms with E-state index in [0.717, 1.165) is 23.2 Å². The van der Waals surface area contributed by atoms with Crippen LogP contribution >= 0.6 is 11.8 Å². The van der Waals surface area contributed by atoms with Crippen molar-refractivity contribution in [2.75, 3.05) is 0 Å². The van der Waals surface area contributed by atoms with Gasteiger partial charge in [0.2, 0.25) is 0 Å². The molecule has 0 unspecified atom stereocenters. The van der Waals surface area contributed by atoms with Crippen molar-refractivity contribution in [2.45, 2.75) is 37.4 Å². The number of rotatable bonds is 3. The molecule has 0 aliphatic heterocycles. The van der Waals surface area contributed by atoms with E-state index < -0.39 is 5.82 Å². The summed E-state index contributed by atoms with van der Waals surface area (Å²) in [7, 11) is 0. The summed E-state index contributed by atoms with van der Waals surface area (Å²) in [6.45, 7) is 5.51. The highest BCUT2D eigenvalue weighted by molar-refractivity contribution is 7.99. The van der Waals surface area contributed by atoms with Gasteiger partial charge in [-0.3, -0.25) is 0 Å². The molecule has 6 heteroatoms. The van der Waals surface area contributed by atoms with Crippen molar-refractivity contribution in [3.8, 4) is 0 Å². The maximum Gasteiger partial charge on any atom is 0.262 e. The zero-order valence-electron chi connectivity index (χ0n) is 9.82. The lowest BCUT2D eigenvalue weighted by Gasteiger charge is -2.01. The van der Waals surface area contributed by atoms with E-state index in [0.29, 0.717) is 17.3 Å². The first-order chi connectivity index (χ1) is 8.11. The lowest BCUT2D eigenvalue weighted by atomic mass is 10.3. The van der Waals surface area contributed by atoms with Crippen molar-refractivity contribution in [3.63, 3.8) is 0 Å². The normalized spacial score (nSPS) is 10.8. The van der Waals surface area contributed by atoms with Crippen molar-refractivity contribution >= 4 is 11.8 Å². The summed E-state index contributed by atoms with van der Waals surface area (Å²) in [5.74, 6) is 0.339. The molecule has 17 heavy (non-hydrogen) atoms. The largest absolute Gasteiger partial charge is 0.436 e. The molecule has 0 amide bonds. The third-order valence-corrected chi connectivity index (χ3v) is 3.18. The topological polar surface area (TPSA) is 51.8 Å². The highest BCUT2D eigenvalue weighted by atomic mass is 32.2. The van der Waals surface area contributed by atoms with Crippen molar-refractivity contribution in [1.82, 2.24) is 15.0 Å². The molecular formula is C11H12FN3OS. The Morgan fingerprint density at radius 2 is 2.12 bits per heavy atom. The van der Waals surface area contributed by atoms with Crippen molar-refractivity contribution in [1.29, 1.82) is 0 Å². The van der Waals surface area contributed by atoms with Crippen LogP contribution in [0.25, 0.3) is 0 Å². The predicted molar refractivity (Wildman–Crippen MR) is 61.5 cm³/mol. The molecule has 90 valence electrons. The molecule has 0 spiro atoms. The van der Waals surface area contributed by atoms with Crippen LogP contribution in [0.3, 0.4) is 0 Å². The van der Waals surface area contributed by atoms with E-state index >= 15 is 0 Å². The fraction of sp³-hybridized carbons (Fsp3) is 0.364. The Bertz CT molecular complexity index is 522. The fourth-order valence-corrected chi connectivity index (χ4v) is 2.10. The van der Waals surface area contributed by atoms with E-state index in [4.69, 9.17) is 4.42 Å². The Balaban J connectivity index is 2.30. The van der Waals surface area contributed by atoms with Crippen LogP contribution in [0, 0.1) is 19.7 Å². The van der Waals surface area contributed by atoms with E-state index in [1.807, 2.05) is 20.8 Å². The molecule has 0 aromatic carbocycles. The van der Waals surface area contributed by atoms with Crippen LogP contribution in [0.2, 0.25) is 0 Å². The van der Waals surface area contributed by atoms with Crippen LogP contribution in [0.4, 0.5) is 4.39 Å². The average Bonchev–Trinajstić information content (AvgIpc) is 2.61. The quantitative estimate of drug-likeness (QED) is 0.787. The Hall–Kier alpha value is -1.43. The maximum absolute atomic E-state index is 13.9. The molecule has 4 nitrogen and oxygen atoms in total. The highest BCUT2D eigenvalue weighted by Crippen LogP contribution is 2.29. The van der Waals surface area contributed by atoms with Gasteiger partial charge in [0.1, 0.15) is 17.1 Å². The van der Waals surface area contributed by atoms with E-state index in [1.54, 1.807) is 0 Å². The van der Waals surface area contributed by atoms with Gasteiger partial charge in [0, 0.05) is 0 Å². The van der Waals surface area contributed by atoms with Crippen LogP contribution in [0.1, 0.15) is 24.1 Å². The number of halogens is 1. The first-order valence-corrected chi connectivity index (χ1v) is 6.04. The summed E-state index contributed by atoms with van der Waals surface area (Å²) in [6, 6.07) is 0. The first kappa shape index (κ1) is 12.0. The van der Waals surface area contributed by atoms with Gasteiger partial charge in [-0.25, -0.2) is 19.3 Å². The van der Waals surface area contributed by atoms with Gasteiger partial charge in [-0.2, -0.15) is 0 Å². The second-order valence-corrected chi connectivity index (χ2v) is 4.46. The first-order valence-electron chi connectivity index (χ1n) is 5.23. The molecular weight excluding hydrogens is 241 g/mol. The standard InChI is InChI=1S/C11H12FN3OS/c1-4-8-9(12)10(14-5-13-8)17-11-15-6(2)7(3)16-11/h5H,4H2,1-3H3. The van der Waals surface area contributed by atoms with Crippen molar-refractivity contribution < 1.29 is 8.81 Å². The van der Waals surface area contributed by atoms with Gasteiger partial charge in [0.15, 0.2) is 5.82 Å². The van der Waals surface area contributed by atoms with Crippen LogP contribution in [-0.4, -0.2) is 15.0 Å². The minimum atomic E-state index is -0.395. The van der Waals surface area contributed by atoms with E-state index in [2.05, 4.69) is 15.0 Å². The average molecular weight is 253 g/mol. The lowest BCUT2D eigenvalue weighted by molar-refractivity contribution is 0.430. The van der Waals surface area contributed by atoms with Gasteiger partial charge in [-0.05, 0) is 32.0 Å². The minimum absolute atomic E-state index is 0.248. The molecule has 0 aliphatic carbocycles. The number of hydrogen-bond acceptors (Lipinski definition) is 5. The lowest BCUT2D eigenvalue weighted by Crippen LogP contribution is -1.97. The van der Waals surface area contributed by atoms with Gasteiger partial charge in [0.25, 0.3) is 5.22 Å². The van der Waals surface area contributed by atoms with Crippen LogP contribution in [-0.2, 0) is 6.42 Å². The van der Waals surface area contributed by atoms with Gasteiger partial charge >= 0.3 is 0 Å². The zero-order chi connectivity index (χ0) is 12.4. The molecule has 0 atom stereocenters. The van der Waals surface area contributed by atoms with E-state index in [-0.39, 0.29) is 5.03 Å². The van der Waals surface area contributed by atoms with Gasteiger partial charge < -0.3 is 4.42 Å². The molecule has 0 bridgehead atoms. The van der Waals surface area contributed by atoms with Crippen molar-refractivity contribution in [3.05, 3.63) is 29.3 Å². The van der Waals surface area contributed by atoms with Crippen LogP contribution in [0.5, 0.6) is 0 Å². The Morgan fingerprint density at radius 3 is 2.71 bits per heavy atom. The molecule has 2 aromatic rings. The SMILES string of the molecule is CCc1ncnc(Sc2nc(C)c(C)o2)c1F. The zero-order valence-corrected chi connectivity index (χ0v) is 10.6. The Labute approximate surface area is 103 Å². The van der Waals surface area contributed by atoms with Crippen LogP contribution < -0.4 is 0 Å². The Kier molecular flexibility index (Phi) is 3.42.